The van der Waals surface area contributed by atoms with Crippen molar-refractivity contribution < 1.29 is 14.7 Å². The van der Waals surface area contributed by atoms with Gasteiger partial charge in [0.2, 0.25) is 0 Å². The van der Waals surface area contributed by atoms with Crippen LogP contribution in [0.25, 0.3) is 5.69 Å². The molecule has 2 aliphatic rings. The summed E-state index contributed by atoms with van der Waals surface area (Å²) < 4.78 is 1.64. The Morgan fingerprint density at radius 3 is 2.57 bits per heavy atom. The molecule has 0 atom stereocenters. The van der Waals surface area contributed by atoms with E-state index in [-0.39, 0.29) is 24.7 Å². The number of aromatic nitrogens is 3. The molecule has 2 amide bonds. The lowest BCUT2D eigenvalue weighted by Crippen LogP contribution is -2.55. The number of carbonyl (C=O) groups excluding carboxylic acids is 1. The fourth-order valence-corrected chi connectivity index (χ4v) is 3.55. The van der Waals surface area contributed by atoms with Crippen molar-refractivity contribution in [1.82, 2.24) is 25.2 Å². The molecule has 3 N–H and O–H groups in total. The maximum Gasteiger partial charge on any atom is 0.319 e. The number of carboxylic acids is 1. The van der Waals surface area contributed by atoms with Gasteiger partial charge in [-0.05, 0) is 55.9 Å². The Bertz CT molecular complexity index is 813. The van der Waals surface area contributed by atoms with E-state index in [9.17, 15) is 9.59 Å². The highest BCUT2D eigenvalue weighted by molar-refractivity contribution is 5.89. The lowest BCUT2D eigenvalue weighted by Gasteiger charge is -2.42. The van der Waals surface area contributed by atoms with E-state index in [0.717, 1.165) is 25.1 Å². The molecular weight excluding hydrogens is 360 g/mol. The van der Waals surface area contributed by atoms with Crippen molar-refractivity contribution in [2.45, 2.75) is 37.8 Å². The van der Waals surface area contributed by atoms with Gasteiger partial charge in [-0.1, -0.05) is 5.21 Å². The summed E-state index contributed by atoms with van der Waals surface area (Å²) >= 11 is 0. The van der Waals surface area contributed by atoms with Crippen LogP contribution in [0, 0.1) is 5.92 Å². The predicted octanol–water partition coefficient (Wildman–Crippen LogP) is 1.72. The second-order valence-electron chi connectivity index (χ2n) is 7.58. The van der Waals surface area contributed by atoms with Crippen molar-refractivity contribution in [2.75, 3.05) is 18.4 Å². The van der Waals surface area contributed by atoms with Gasteiger partial charge in [0.05, 0.1) is 24.6 Å². The molecule has 1 aromatic heterocycles. The number of carbonyl (C=O) groups is 2. The second kappa shape index (κ2) is 7.97. The Balaban J connectivity index is 1.23. The fourth-order valence-electron chi connectivity index (χ4n) is 3.55. The molecule has 0 spiro atoms. The first-order valence-electron chi connectivity index (χ1n) is 9.57. The molecule has 0 radical (unpaired) electrons. The molecule has 0 aliphatic heterocycles. The molecule has 148 valence electrons. The molecule has 2 aromatic rings. The van der Waals surface area contributed by atoms with Crippen LogP contribution in [0.4, 0.5) is 10.5 Å². The van der Waals surface area contributed by atoms with Crippen LogP contribution in [-0.4, -0.2) is 62.2 Å². The van der Waals surface area contributed by atoms with E-state index in [2.05, 4.69) is 25.8 Å². The summed E-state index contributed by atoms with van der Waals surface area (Å²) in [5.41, 5.74) is 1.55. The van der Waals surface area contributed by atoms with Crippen LogP contribution in [-0.2, 0) is 4.79 Å². The van der Waals surface area contributed by atoms with Crippen molar-refractivity contribution in [2.24, 2.45) is 5.92 Å². The highest BCUT2D eigenvalue weighted by Crippen LogP contribution is 2.33. The number of carboxylic acid groups (broad SMARTS) is 1. The van der Waals surface area contributed by atoms with Gasteiger partial charge in [-0.25, -0.2) is 9.48 Å². The summed E-state index contributed by atoms with van der Waals surface area (Å²) in [7, 11) is 0. The largest absolute Gasteiger partial charge is 0.480 e. The predicted molar refractivity (Wildman–Crippen MR) is 102 cm³/mol. The summed E-state index contributed by atoms with van der Waals surface area (Å²) in [4.78, 5) is 25.4. The van der Waals surface area contributed by atoms with Gasteiger partial charge in [0, 0.05) is 24.3 Å². The third kappa shape index (κ3) is 4.66. The Hall–Kier alpha value is -2.94. The summed E-state index contributed by atoms with van der Waals surface area (Å²) in [5, 5.41) is 22.6. The quantitative estimate of drug-likeness (QED) is 0.639. The molecule has 1 aromatic carbocycles. The Labute approximate surface area is 162 Å². The van der Waals surface area contributed by atoms with Crippen LogP contribution in [0.15, 0.2) is 36.7 Å². The molecule has 9 heteroatoms. The SMILES string of the molecule is O=C(O)CN(CC1CC1)C1CC(NC(=O)Nc2ccc(-n3ccnn3)cc2)C1. The number of nitrogens with zero attached hydrogens (tertiary/aromatic N) is 4. The molecule has 4 rings (SSSR count). The topological polar surface area (TPSA) is 112 Å². The van der Waals surface area contributed by atoms with E-state index in [1.807, 2.05) is 24.3 Å². The van der Waals surface area contributed by atoms with E-state index in [0.29, 0.717) is 11.6 Å². The molecule has 28 heavy (non-hydrogen) atoms. The number of amides is 2. The van der Waals surface area contributed by atoms with Crippen LogP contribution < -0.4 is 10.6 Å². The fraction of sp³-hybridized carbons (Fsp3) is 0.474. The number of benzene rings is 1. The summed E-state index contributed by atoms with van der Waals surface area (Å²) in [6.45, 7) is 0.937. The highest BCUT2D eigenvalue weighted by Gasteiger charge is 2.37. The number of aliphatic carboxylic acids is 1. The maximum atomic E-state index is 12.2. The molecule has 2 saturated carbocycles. The third-order valence-corrected chi connectivity index (χ3v) is 5.31. The number of rotatable bonds is 8. The van der Waals surface area contributed by atoms with E-state index in [1.54, 1.807) is 17.1 Å². The minimum Gasteiger partial charge on any atom is -0.480 e. The van der Waals surface area contributed by atoms with Crippen LogP contribution >= 0.6 is 0 Å². The number of hydrogen-bond acceptors (Lipinski definition) is 5. The molecule has 0 bridgehead atoms. The minimum absolute atomic E-state index is 0.0786. The lowest BCUT2D eigenvalue weighted by atomic mass is 9.85. The zero-order valence-corrected chi connectivity index (χ0v) is 15.5. The zero-order valence-electron chi connectivity index (χ0n) is 15.5. The molecule has 2 fully saturated rings. The van der Waals surface area contributed by atoms with Crippen LogP contribution in [0.2, 0.25) is 0 Å². The number of nitrogens with one attached hydrogen (secondary N) is 2. The van der Waals surface area contributed by atoms with Crippen LogP contribution in [0.1, 0.15) is 25.7 Å². The molecular formula is C19H24N6O3. The molecule has 0 saturated heterocycles. The van der Waals surface area contributed by atoms with Crippen molar-refractivity contribution in [1.29, 1.82) is 0 Å². The van der Waals surface area contributed by atoms with Gasteiger partial charge in [-0.2, -0.15) is 0 Å². The zero-order chi connectivity index (χ0) is 19.5. The van der Waals surface area contributed by atoms with Gasteiger partial charge in [0.15, 0.2) is 0 Å². The standard InChI is InChI=1S/C19H24N6O3/c26-18(27)12-24(11-13-1-2-13)17-9-15(10-17)22-19(28)21-14-3-5-16(6-4-14)25-8-7-20-23-25/h3-8,13,15,17H,1-2,9-12H2,(H,26,27)(H2,21,22,28). The molecule has 2 aliphatic carbocycles. The Kier molecular flexibility index (Phi) is 5.25. The molecule has 1 heterocycles. The maximum absolute atomic E-state index is 12.2. The lowest BCUT2D eigenvalue weighted by molar-refractivity contribution is -0.139. The Morgan fingerprint density at radius 1 is 1.21 bits per heavy atom. The van der Waals surface area contributed by atoms with E-state index < -0.39 is 5.97 Å². The third-order valence-electron chi connectivity index (χ3n) is 5.31. The monoisotopic (exact) mass is 384 g/mol. The Morgan fingerprint density at radius 2 is 1.96 bits per heavy atom. The smallest absolute Gasteiger partial charge is 0.319 e. The summed E-state index contributed by atoms with van der Waals surface area (Å²) in [6.07, 6.45) is 7.33. The molecule has 0 unspecified atom stereocenters. The van der Waals surface area contributed by atoms with Gasteiger partial charge in [-0.3, -0.25) is 9.69 Å². The van der Waals surface area contributed by atoms with E-state index in [4.69, 9.17) is 5.11 Å². The second-order valence-corrected chi connectivity index (χ2v) is 7.58. The van der Waals surface area contributed by atoms with Crippen LogP contribution in [0.5, 0.6) is 0 Å². The minimum atomic E-state index is -0.788. The van der Waals surface area contributed by atoms with Gasteiger partial charge in [0.1, 0.15) is 0 Å². The number of urea groups is 1. The van der Waals surface area contributed by atoms with E-state index in [1.165, 1.54) is 12.8 Å². The number of hydrogen-bond donors (Lipinski definition) is 3. The van der Waals surface area contributed by atoms with E-state index >= 15 is 0 Å². The van der Waals surface area contributed by atoms with Crippen molar-refractivity contribution in [3.8, 4) is 5.69 Å². The van der Waals surface area contributed by atoms with Gasteiger partial charge in [-0.15, -0.1) is 5.10 Å². The average Bonchev–Trinajstić information content (AvgIpc) is 3.27. The van der Waals surface area contributed by atoms with Crippen molar-refractivity contribution in [3.63, 3.8) is 0 Å². The van der Waals surface area contributed by atoms with Gasteiger partial charge in [0.25, 0.3) is 0 Å². The molecule has 9 nitrogen and oxygen atoms in total. The summed E-state index contributed by atoms with van der Waals surface area (Å²) in [6, 6.07) is 7.40. The van der Waals surface area contributed by atoms with Gasteiger partial charge >= 0.3 is 12.0 Å². The first-order valence-corrected chi connectivity index (χ1v) is 9.57. The average molecular weight is 384 g/mol. The number of anilines is 1. The summed E-state index contributed by atoms with van der Waals surface area (Å²) in [5.74, 6) is -0.140. The van der Waals surface area contributed by atoms with Crippen molar-refractivity contribution in [3.05, 3.63) is 36.7 Å². The van der Waals surface area contributed by atoms with Crippen LogP contribution in [0.3, 0.4) is 0 Å². The van der Waals surface area contributed by atoms with Gasteiger partial charge < -0.3 is 15.7 Å². The first kappa shape index (κ1) is 18.4. The first-order chi connectivity index (χ1) is 13.6. The normalized spacial score (nSPS) is 21.2. The highest BCUT2D eigenvalue weighted by atomic mass is 16.4. The van der Waals surface area contributed by atoms with Crippen molar-refractivity contribution >= 4 is 17.7 Å².